The zero-order chi connectivity index (χ0) is 20.4. The highest BCUT2D eigenvalue weighted by Crippen LogP contribution is 2.24. The lowest BCUT2D eigenvalue weighted by atomic mass is 9.95. The summed E-state index contributed by atoms with van der Waals surface area (Å²) in [5.74, 6) is 1.90. The molecule has 152 valence electrons. The number of benzene rings is 1. The summed E-state index contributed by atoms with van der Waals surface area (Å²) >= 11 is 0. The minimum absolute atomic E-state index is 0.0852. The third-order valence-corrected chi connectivity index (χ3v) is 5.75. The number of hydrogen-bond donors (Lipinski definition) is 1. The molecule has 0 unspecified atom stereocenters. The van der Waals surface area contributed by atoms with E-state index in [9.17, 15) is 4.79 Å². The van der Waals surface area contributed by atoms with Crippen LogP contribution in [-0.4, -0.2) is 44.8 Å². The van der Waals surface area contributed by atoms with Crippen LogP contribution in [0.4, 0.5) is 5.82 Å². The lowest BCUT2D eigenvalue weighted by Gasteiger charge is -2.32. The summed E-state index contributed by atoms with van der Waals surface area (Å²) < 4.78 is 1.81. The van der Waals surface area contributed by atoms with Gasteiger partial charge in [-0.15, -0.1) is 15.3 Å². The fourth-order valence-corrected chi connectivity index (χ4v) is 3.66. The highest BCUT2D eigenvalue weighted by molar-refractivity contribution is 5.79. The molecule has 1 atom stereocenters. The number of rotatable bonds is 5. The third kappa shape index (κ3) is 4.09. The van der Waals surface area contributed by atoms with Crippen molar-refractivity contribution in [2.24, 2.45) is 5.92 Å². The average Bonchev–Trinajstić information content (AvgIpc) is 3.17. The largest absolute Gasteiger partial charge is 0.355 e. The number of hydrogen-bond acceptors (Lipinski definition) is 5. The van der Waals surface area contributed by atoms with Crippen molar-refractivity contribution in [3.8, 4) is 11.4 Å². The normalized spacial score (nSPS) is 16.2. The molecule has 3 aromatic rings. The van der Waals surface area contributed by atoms with Crippen LogP contribution in [0.2, 0.25) is 0 Å². The maximum absolute atomic E-state index is 12.4. The Morgan fingerprint density at radius 1 is 1.14 bits per heavy atom. The smallest absolute Gasteiger partial charge is 0.223 e. The molecule has 1 saturated heterocycles. The first-order valence-corrected chi connectivity index (χ1v) is 10.4. The Morgan fingerprint density at radius 3 is 2.55 bits per heavy atom. The first-order chi connectivity index (χ1) is 14.0. The van der Waals surface area contributed by atoms with E-state index in [1.165, 1.54) is 5.56 Å². The predicted octanol–water partition coefficient (Wildman–Crippen LogP) is 3.23. The summed E-state index contributed by atoms with van der Waals surface area (Å²) in [5, 5.41) is 16.5. The van der Waals surface area contributed by atoms with Crippen molar-refractivity contribution in [3.05, 3.63) is 42.0 Å². The van der Waals surface area contributed by atoms with Gasteiger partial charge in [0.05, 0.1) is 0 Å². The predicted molar refractivity (Wildman–Crippen MR) is 114 cm³/mol. The second-order valence-corrected chi connectivity index (χ2v) is 7.93. The highest BCUT2D eigenvalue weighted by Gasteiger charge is 2.26. The van der Waals surface area contributed by atoms with Gasteiger partial charge < -0.3 is 10.2 Å². The molecule has 0 bridgehead atoms. The summed E-state index contributed by atoms with van der Waals surface area (Å²) in [6, 6.07) is 12.4. The lowest BCUT2D eigenvalue weighted by molar-refractivity contribution is -0.126. The molecule has 1 aliphatic heterocycles. The van der Waals surface area contributed by atoms with Crippen LogP contribution in [0.15, 0.2) is 36.4 Å². The van der Waals surface area contributed by atoms with E-state index in [0.717, 1.165) is 55.2 Å². The molecule has 1 fully saturated rings. The Balaban J connectivity index is 1.50. The summed E-state index contributed by atoms with van der Waals surface area (Å²) in [7, 11) is 0. The van der Waals surface area contributed by atoms with Crippen molar-refractivity contribution in [1.82, 2.24) is 25.1 Å². The molecule has 4 rings (SSSR count). The molecule has 2 aromatic heterocycles. The number of carbonyl (C=O) groups excluding carboxylic acids is 1. The highest BCUT2D eigenvalue weighted by atomic mass is 16.1. The Hall–Kier alpha value is -2.96. The Bertz CT molecular complexity index is 988. The van der Waals surface area contributed by atoms with Crippen LogP contribution in [0.5, 0.6) is 0 Å². The van der Waals surface area contributed by atoms with Gasteiger partial charge >= 0.3 is 0 Å². The van der Waals surface area contributed by atoms with Crippen molar-refractivity contribution < 1.29 is 4.79 Å². The van der Waals surface area contributed by atoms with Gasteiger partial charge in [-0.1, -0.05) is 36.8 Å². The number of nitrogens with zero attached hydrogens (tertiary/aromatic N) is 5. The number of anilines is 1. The molecule has 0 radical (unpaired) electrons. The third-order valence-electron chi connectivity index (χ3n) is 5.75. The first-order valence-electron chi connectivity index (χ1n) is 10.4. The molecule has 1 amide bonds. The van der Waals surface area contributed by atoms with Gasteiger partial charge in [-0.3, -0.25) is 4.79 Å². The zero-order valence-electron chi connectivity index (χ0n) is 17.3. The topological polar surface area (TPSA) is 75.4 Å². The van der Waals surface area contributed by atoms with E-state index in [0.29, 0.717) is 0 Å². The molecular formula is C22H28N6O. The van der Waals surface area contributed by atoms with Gasteiger partial charge in [0, 0.05) is 30.6 Å². The molecule has 0 saturated carbocycles. The second-order valence-electron chi connectivity index (χ2n) is 7.93. The summed E-state index contributed by atoms with van der Waals surface area (Å²) in [6.45, 7) is 7.84. The molecule has 1 aromatic carbocycles. The Labute approximate surface area is 171 Å². The summed E-state index contributed by atoms with van der Waals surface area (Å²) in [4.78, 5) is 14.7. The van der Waals surface area contributed by atoms with Crippen molar-refractivity contribution >= 4 is 17.4 Å². The molecule has 7 nitrogen and oxygen atoms in total. The summed E-state index contributed by atoms with van der Waals surface area (Å²) in [5.41, 5.74) is 2.93. The molecule has 1 aliphatic rings. The molecule has 3 heterocycles. The van der Waals surface area contributed by atoms with Crippen LogP contribution in [0, 0.1) is 12.8 Å². The molecule has 0 spiro atoms. The van der Waals surface area contributed by atoms with Gasteiger partial charge in [-0.25, -0.2) is 0 Å². The van der Waals surface area contributed by atoms with Gasteiger partial charge in [0.25, 0.3) is 0 Å². The monoisotopic (exact) mass is 392 g/mol. The van der Waals surface area contributed by atoms with E-state index < -0.39 is 0 Å². The maximum Gasteiger partial charge on any atom is 0.223 e. The number of fused-ring (bicyclic) bond motifs is 1. The minimum atomic E-state index is 0.0852. The molecule has 7 heteroatoms. The molecular weight excluding hydrogens is 364 g/mol. The number of nitrogens with one attached hydrogen (secondary N) is 1. The summed E-state index contributed by atoms with van der Waals surface area (Å²) in [6.07, 6.45) is 2.64. The van der Waals surface area contributed by atoms with Crippen LogP contribution in [0.1, 0.15) is 38.7 Å². The molecule has 0 aliphatic carbocycles. The van der Waals surface area contributed by atoms with Crippen LogP contribution in [0.3, 0.4) is 0 Å². The zero-order valence-corrected chi connectivity index (χ0v) is 17.3. The maximum atomic E-state index is 12.4. The van der Waals surface area contributed by atoms with Crippen LogP contribution < -0.4 is 10.2 Å². The van der Waals surface area contributed by atoms with Gasteiger partial charge in [0.1, 0.15) is 5.82 Å². The number of amides is 1. The fraction of sp³-hybridized carbons (Fsp3) is 0.455. The Kier molecular flexibility index (Phi) is 5.47. The van der Waals surface area contributed by atoms with E-state index in [1.807, 2.05) is 28.8 Å². The van der Waals surface area contributed by atoms with Gasteiger partial charge in [0.15, 0.2) is 11.5 Å². The van der Waals surface area contributed by atoms with Crippen LogP contribution in [0.25, 0.3) is 17.0 Å². The van der Waals surface area contributed by atoms with Gasteiger partial charge in [-0.2, -0.15) is 4.52 Å². The quantitative estimate of drug-likeness (QED) is 0.721. The Morgan fingerprint density at radius 2 is 1.86 bits per heavy atom. The van der Waals surface area contributed by atoms with E-state index in [1.54, 1.807) is 0 Å². The lowest BCUT2D eigenvalue weighted by Crippen LogP contribution is -2.43. The minimum Gasteiger partial charge on any atom is -0.355 e. The number of aryl methyl sites for hydroxylation is 1. The second kappa shape index (κ2) is 8.19. The van der Waals surface area contributed by atoms with E-state index >= 15 is 0 Å². The molecule has 29 heavy (non-hydrogen) atoms. The van der Waals surface area contributed by atoms with E-state index in [-0.39, 0.29) is 17.9 Å². The first kappa shape index (κ1) is 19.4. The number of aromatic nitrogens is 4. The van der Waals surface area contributed by atoms with Crippen LogP contribution >= 0.6 is 0 Å². The fourth-order valence-electron chi connectivity index (χ4n) is 3.66. The van der Waals surface area contributed by atoms with Gasteiger partial charge in [0.2, 0.25) is 5.91 Å². The number of piperidine rings is 1. The molecule has 1 N–H and O–H groups in total. The number of carbonyl (C=O) groups is 1. The SMILES string of the molecule is CC[C@H](C)NC(=O)C1CCN(c2ccc3nnc(-c4ccc(C)cc4)n3n2)CC1. The average molecular weight is 393 g/mol. The van der Waals surface area contributed by atoms with E-state index in [2.05, 4.69) is 53.3 Å². The van der Waals surface area contributed by atoms with Crippen molar-refractivity contribution in [1.29, 1.82) is 0 Å². The standard InChI is InChI=1S/C22H28N6O/c1-4-16(3)23-22(29)18-11-13-27(14-12-18)20-10-9-19-24-25-21(28(19)26-20)17-7-5-15(2)6-8-17/h5-10,16,18H,4,11-14H2,1-3H3,(H,23,29)/t16-/m0/s1. The van der Waals surface area contributed by atoms with Crippen molar-refractivity contribution in [2.75, 3.05) is 18.0 Å². The van der Waals surface area contributed by atoms with Crippen molar-refractivity contribution in [2.45, 2.75) is 46.1 Å². The van der Waals surface area contributed by atoms with Gasteiger partial charge in [-0.05, 0) is 45.2 Å². The van der Waals surface area contributed by atoms with Crippen molar-refractivity contribution in [3.63, 3.8) is 0 Å². The van der Waals surface area contributed by atoms with E-state index in [4.69, 9.17) is 5.10 Å². The van der Waals surface area contributed by atoms with Crippen LogP contribution in [-0.2, 0) is 4.79 Å².